The van der Waals surface area contributed by atoms with E-state index < -0.39 is 5.67 Å². The van der Waals surface area contributed by atoms with E-state index in [1.807, 2.05) is 13.8 Å². The van der Waals surface area contributed by atoms with Crippen LogP contribution in [0.15, 0.2) is 0 Å². The minimum absolute atomic E-state index is 0.153. The van der Waals surface area contributed by atoms with Crippen LogP contribution in [0, 0.1) is 0 Å². The second-order valence-electron chi connectivity index (χ2n) is 2.06. The molecule has 0 saturated carbocycles. The predicted octanol–water partition coefficient (Wildman–Crippen LogP) is 1.47. The lowest BCUT2D eigenvalue weighted by atomic mass is 10.0. The lowest BCUT2D eigenvalue weighted by molar-refractivity contribution is 0.161. The second kappa shape index (κ2) is 3.02. The molecular weight excluding hydrogens is 105 g/mol. The Morgan fingerprint density at radius 2 is 1.75 bits per heavy atom. The van der Waals surface area contributed by atoms with Crippen LogP contribution in [-0.4, -0.2) is 12.2 Å². The van der Waals surface area contributed by atoms with Gasteiger partial charge < -0.3 is 5.73 Å². The fraction of sp³-hybridized carbons (Fsp3) is 1.00. The van der Waals surface area contributed by atoms with Crippen LogP contribution >= 0.6 is 0 Å². The van der Waals surface area contributed by atoms with Gasteiger partial charge in [-0.1, -0.05) is 13.8 Å². The molecule has 0 aliphatic carbocycles. The predicted molar refractivity (Wildman–Crippen MR) is 33.5 cm³/mol. The van der Waals surface area contributed by atoms with Crippen LogP contribution < -0.4 is 5.73 Å². The third kappa shape index (κ3) is 1.78. The van der Waals surface area contributed by atoms with Gasteiger partial charge >= 0.3 is 0 Å². The van der Waals surface area contributed by atoms with Crippen molar-refractivity contribution >= 4 is 0 Å². The van der Waals surface area contributed by atoms with Gasteiger partial charge in [-0.15, -0.1) is 0 Å². The Morgan fingerprint density at radius 1 is 1.38 bits per heavy atom. The van der Waals surface area contributed by atoms with Crippen molar-refractivity contribution in [2.24, 2.45) is 5.73 Å². The highest BCUT2D eigenvalue weighted by Crippen LogP contribution is 2.17. The molecule has 0 aromatic carbocycles. The highest BCUT2D eigenvalue weighted by atomic mass is 19.1. The molecule has 50 valence electrons. The fourth-order valence-corrected chi connectivity index (χ4v) is 0.539. The van der Waals surface area contributed by atoms with Gasteiger partial charge in [0.05, 0.1) is 0 Å². The van der Waals surface area contributed by atoms with Gasteiger partial charge in [0.15, 0.2) is 0 Å². The zero-order valence-electron chi connectivity index (χ0n) is 5.58. The molecule has 1 nitrogen and oxygen atoms in total. The smallest absolute Gasteiger partial charge is 0.122 e. The molecule has 0 aliphatic heterocycles. The molecule has 0 atom stereocenters. The standard InChI is InChI=1S/C6H14FN/c1-3-6(7,4-2)5-8/h3-5,8H2,1-2H3. The maximum Gasteiger partial charge on any atom is 0.122 e. The molecule has 0 unspecified atom stereocenters. The van der Waals surface area contributed by atoms with Gasteiger partial charge in [-0.2, -0.15) is 0 Å². The van der Waals surface area contributed by atoms with E-state index in [4.69, 9.17) is 5.73 Å². The maximum absolute atomic E-state index is 12.9. The van der Waals surface area contributed by atoms with E-state index in [9.17, 15) is 4.39 Å². The van der Waals surface area contributed by atoms with Gasteiger partial charge in [-0.3, -0.25) is 0 Å². The average molecular weight is 119 g/mol. The van der Waals surface area contributed by atoms with Crippen LogP contribution in [-0.2, 0) is 0 Å². The Kier molecular flexibility index (Phi) is 2.98. The molecule has 0 radical (unpaired) electrons. The van der Waals surface area contributed by atoms with Crippen LogP contribution in [0.3, 0.4) is 0 Å². The zero-order chi connectivity index (χ0) is 6.62. The average Bonchev–Trinajstić information content (AvgIpc) is 1.87. The van der Waals surface area contributed by atoms with Gasteiger partial charge in [0, 0.05) is 6.54 Å². The third-order valence-electron chi connectivity index (χ3n) is 1.63. The third-order valence-corrected chi connectivity index (χ3v) is 1.63. The van der Waals surface area contributed by atoms with Gasteiger partial charge in [0.25, 0.3) is 0 Å². The highest BCUT2D eigenvalue weighted by Gasteiger charge is 2.21. The molecule has 0 aliphatic rings. The van der Waals surface area contributed by atoms with Crippen LogP contribution in [0.2, 0.25) is 0 Å². The molecule has 0 heterocycles. The first-order chi connectivity index (χ1) is 3.68. The number of hydrogen-bond acceptors (Lipinski definition) is 1. The summed E-state index contributed by atoms with van der Waals surface area (Å²) >= 11 is 0. The number of alkyl halides is 1. The fourth-order valence-electron chi connectivity index (χ4n) is 0.539. The number of rotatable bonds is 3. The summed E-state index contributed by atoms with van der Waals surface area (Å²) in [7, 11) is 0. The molecular formula is C6H14FN. The van der Waals surface area contributed by atoms with E-state index in [0.717, 1.165) is 0 Å². The van der Waals surface area contributed by atoms with Crippen molar-refractivity contribution in [1.29, 1.82) is 0 Å². The van der Waals surface area contributed by atoms with E-state index in [1.54, 1.807) is 0 Å². The van der Waals surface area contributed by atoms with Crippen molar-refractivity contribution in [2.75, 3.05) is 6.54 Å². The molecule has 0 rings (SSSR count). The molecule has 0 saturated heterocycles. The number of nitrogens with two attached hydrogens (primary N) is 1. The van der Waals surface area contributed by atoms with Crippen LogP contribution in [0.5, 0.6) is 0 Å². The lowest BCUT2D eigenvalue weighted by Crippen LogP contribution is -2.30. The van der Waals surface area contributed by atoms with Crippen LogP contribution in [0.4, 0.5) is 4.39 Å². The normalized spacial score (nSPS) is 12.0. The molecule has 0 spiro atoms. The summed E-state index contributed by atoms with van der Waals surface area (Å²) in [6.45, 7) is 3.78. The zero-order valence-corrected chi connectivity index (χ0v) is 5.58. The summed E-state index contributed by atoms with van der Waals surface area (Å²) in [6.07, 6.45) is 1.06. The summed E-state index contributed by atoms with van der Waals surface area (Å²) < 4.78 is 12.9. The van der Waals surface area contributed by atoms with E-state index in [-0.39, 0.29) is 6.54 Å². The maximum atomic E-state index is 12.9. The molecule has 0 aromatic rings. The summed E-state index contributed by atoms with van der Waals surface area (Å²) in [6, 6.07) is 0. The monoisotopic (exact) mass is 119 g/mol. The van der Waals surface area contributed by atoms with Crippen molar-refractivity contribution in [3.05, 3.63) is 0 Å². The molecule has 0 aromatic heterocycles. The Labute approximate surface area is 50.1 Å². The topological polar surface area (TPSA) is 26.0 Å². The van der Waals surface area contributed by atoms with E-state index >= 15 is 0 Å². The van der Waals surface area contributed by atoms with Crippen molar-refractivity contribution in [1.82, 2.24) is 0 Å². The van der Waals surface area contributed by atoms with Gasteiger partial charge in [-0.25, -0.2) is 4.39 Å². The molecule has 8 heavy (non-hydrogen) atoms. The molecule has 2 N–H and O–H groups in total. The van der Waals surface area contributed by atoms with Crippen molar-refractivity contribution < 1.29 is 4.39 Å². The molecule has 0 amide bonds. The van der Waals surface area contributed by atoms with Crippen molar-refractivity contribution in [2.45, 2.75) is 32.4 Å². The van der Waals surface area contributed by atoms with Crippen molar-refractivity contribution in [3.8, 4) is 0 Å². The second-order valence-corrected chi connectivity index (χ2v) is 2.06. The van der Waals surface area contributed by atoms with Crippen molar-refractivity contribution in [3.63, 3.8) is 0 Å². The summed E-state index contributed by atoms with van der Waals surface area (Å²) in [5, 5.41) is 0. The minimum Gasteiger partial charge on any atom is -0.328 e. The molecule has 0 bridgehead atoms. The van der Waals surface area contributed by atoms with Crippen LogP contribution in [0.1, 0.15) is 26.7 Å². The Bertz CT molecular complexity index is 51.3. The highest BCUT2D eigenvalue weighted by molar-refractivity contribution is 4.75. The first-order valence-corrected chi connectivity index (χ1v) is 3.07. The van der Waals surface area contributed by atoms with E-state index in [0.29, 0.717) is 12.8 Å². The number of halogens is 1. The van der Waals surface area contributed by atoms with E-state index in [2.05, 4.69) is 0 Å². The Morgan fingerprint density at radius 3 is 1.75 bits per heavy atom. The quantitative estimate of drug-likeness (QED) is 0.598. The largest absolute Gasteiger partial charge is 0.328 e. The Hall–Kier alpha value is -0.110. The Balaban J connectivity index is 3.58. The van der Waals surface area contributed by atoms with Crippen LogP contribution in [0.25, 0.3) is 0 Å². The van der Waals surface area contributed by atoms with Gasteiger partial charge in [0.1, 0.15) is 5.67 Å². The number of hydrogen-bond donors (Lipinski definition) is 1. The minimum atomic E-state index is -1.10. The molecule has 2 heteroatoms. The lowest BCUT2D eigenvalue weighted by Gasteiger charge is -2.18. The SMILES string of the molecule is CCC(F)(CC)CN. The van der Waals surface area contributed by atoms with E-state index in [1.165, 1.54) is 0 Å². The first-order valence-electron chi connectivity index (χ1n) is 3.07. The summed E-state index contributed by atoms with van der Waals surface area (Å²) in [5.41, 5.74) is 4.06. The van der Waals surface area contributed by atoms with Gasteiger partial charge in [0.2, 0.25) is 0 Å². The first kappa shape index (κ1) is 7.89. The summed E-state index contributed by atoms with van der Waals surface area (Å²) in [4.78, 5) is 0. The van der Waals surface area contributed by atoms with Gasteiger partial charge in [-0.05, 0) is 12.8 Å². The summed E-state index contributed by atoms with van der Waals surface area (Å²) in [5.74, 6) is 0. The molecule has 0 fully saturated rings.